The minimum Gasteiger partial charge on any atom is -0.352 e. The Hall–Kier alpha value is -2.37. The molecular formula is C27H31ClN4S. The number of thiocarbonyl (C=S) groups is 1. The van der Waals surface area contributed by atoms with E-state index in [0.29, 0.717) is 6.04 Å². The summed E-state index contributed by atoms with van der Waals surface area (Å²) in [5.74, 6) is 0. The number of nitrogens with one attached hydrogen (secondary N) is 1. The summed E-state index contributed by atoms with van der Waals surface area (Å²) in [5.41, 5.74) is 7.01. The first-order chi connectivity index (χ1) is 16.0. The molecule has 2 fully saturated rings. The van der Waals surface area contributed by atoms with Gasteiger partial charge in [0.25, 0.3) is 0 Å². The summed E-state index contributed by atoms with van der Waals surface area (Å²) in [7, 11) is 0. The summed E-state index contributed by atoms with van der Waals surface area (Å²) < 4.78 is 2.34. The molecule has 1 N–H and O–H groups in total. The average Bonchev–Trinajstić information content (AvgIpc) is 3.32. The Morgan fingerprint density at radius 1 is 1.03 bits per heavy atom. The molecule has 172 valence electrons. The number of aryl methyl sites for hydroxylation is 1. The second kappa shape index (κ2) is 9.11. The van der Waals surface area contributed by atoms with Crippen molar-refractivity contribution in [1.29, 1.82) is 0 Å². The predicted octanol–water partition coefficient (Wildman–Crippen LogP) is 6.76. The van der Waals surface area contributed by atoms with Crippen molar-refractivity contribution < 1.29 is 0 Å². The second-order valence-electron chi connectivity index (χ2n) is 9.37. The molecule has 1 saturated heterocycles. The Labute approximate surface area is 207 Å². The number of pyridine rings is 1. The molecule has 1 saturated carbocycles. The molecule has 0 unspecified atom stereocenters. The van der Waals surface area contributed by atoms with Crippen LogP contribution >= 0.6 is 23.8 Å². The smallest absolute Gasteiger partial charge is 0.170 e. The van der Waals surface area contributed by atoms with Crippen LogP contribution in [0.2, 0.25) is 5.02 Å². The molecule has 3 aromatic rings. The van der Waals surface area contributed by atoms with Crippen molar-refractivity contribution in [3.05, 3.63) is 81.9 Å². The molecule has 2 aliphatic rings. The first-order valence-corrected chi connectivity index (χ1v) is 12.7. The van der Waals surface area contributed by atoms with Gasteiger partial charge in [0, 0.05) is 34.3 Å². The number of benzene rings is 1. The van der Waals surface area contributed by atoms with Crippen molar-refractivity contribution in [2.45, 2.75) is 71.0 Å². The summed E-state index contributed by atoms with van der Waals surface area (Å²) in [5, 5.41) is 5.29. The van der Waals surface area contributed by atoms with Crippen LogP contribution in [0.1, 0.15) is 72.4 Å². The van der Waals surface area contributed by atoms with Crippen LogP contribution in [-0.2, 0) is 0 Å². The van der Waals surface area contributed by atoms with Gasteiger partial charge in [0.05, 0.1) is 17.8 Å². The zero-order chi connectivity index (χ0) is 23.1. The van der Waals surface area contributed by atoms with E-state index >= 15 is 0 Å². The zero-order valence-electron chi connectivity index (χ0n) is 19.5. The van der Waals surface area contributed by atoms with Crippen LogP contribution in [0.5, 0.6) is 0 Å². The maximum atomic E-state index is 6.49. The lowest BCUT2D eigenvalue weighted by Crippen LogP contribution is -2.40. The molecule has 6 heteroatoms. The molecule has 0 radical (unpaired) electrons. The van der Waals surface area contributed by atoms with Crippen LogP contribution < -0.4 is 5.32 Å². The van der Waals surface area contributed by atoms with Gasteiger partial charge in [-0.15, -0.1) is 0 Å². The summed E-state index contributed by atoms with van der Waals surface area (Å²) in [6, 6.07) is 15.2. The highest BCUT2D eigenvalue weighted by Gasteiger charge is 2.44. The van der Waals surface area contributed by atoms with Gasteiger partial charge in [0.2, 0.25) is 0 Å². The predicted molar refractivity (Wildman–Crippen MR) is 139 cm³/mol. The lowest BCUT2D eigenvalue weighted by atomic mass is 9.90. The Morgan fingerprint density at radius 3 is 2.55 bits per heavy atom. The number of aromatic nitrogens is 2. The standard InChI is InChI=1S/C27H31ClN4S/c1-17-16-21(19(3)31(17)24-14-9-12-22(28)18(24)2)26-25(23-13-7-8-15-29-23)30-27(33)32(26)20-10-5-4-6-11-20/h7-9,12-16,20,25-26H,4-6,10-11H2,1-3H3,(H,30,33)/t25-,26+/m1/s1. The van der Waals surface area contributed by atoms with Crippen LogP contribution in [0.4, 0.5) is 0 Å². The molecule has 4 nitrogen and oxygen atoms in total. The fourth-order valence-electron chi connectivity index (χ4n) is 5.75. The maximum Gasteiger partial charge on any atom is 0.170 e. The van der Waals surface area contributed by atoms with E-state index in [4.69, 9.17) is 28.8 Å². The molecule has 0 bridgehead atoms. The van der Waals surface area contributed by atoms with E-state index in [1.54, 1.807) is 0 Å². The number of hydrogen-bond acceptors (Lipinski definition) is 2. The Bertz CT molecular complexity index is 1170. The van der Waals surface area contributed by atoms with E-state index in [-0.39, 0.29) is 12.1 Å². The van der Waals surface area contributed by atoms with Gasteiger partial charge in [-0.2, -0.15) is 0 Å². The largest absolute Gasteiger partial charge is 0.352 e. The van der Waals surface area contributed by atoms with Gasteiger partial charge in [0.15, 0.2) is 5.11 Å². The zero-order valence-corrected chi connectivity index (χ0v) is 21.1. The Kier molecular flexibility index (Phi) is 6.19. The van der Waals surface area contributed by atoms with Gasteiger partial charge in [-0.1, -0.05) is 43.0 Å². The van der Waals surface area contributed by atoms with E-state index in [2.05, 4.69) is 59.8 Å². The van der Waals surface area contributed by atoms with Crippen molar-refractivity contribution in [2.24, 2.45) is 0 Å². The average molecular weight is 479 g/mol. The topological polar surface area (TPSA) is 33.1 Å². The van der Waals surface area contributed by atoms with Gasteiger partial charge in [-0.25, -0.2) is 0 Å². The lowest BCUT2D eigenvalue weighted by molar-refractivity contribution is 0.197. The summed E-state index contributed by atoms with van der Waals surface area (Å²) in [6.45, 7) is 6.49. The highest BCUT2D eigenvalue weighted by atomic mass is 35.5. The fraction of sp³-hybridized carbons (Fsp3) is 0.407. The minimum atomic E-state index is 0.0232. The summed E-state index contributed by atoms with van der Waals surface area (Å²) >= 11 is 12.4. The van der Waals surface area contributed by atoms with Gasteiger partial charge >= 0.3 is 0 Å². The lowest BCUT2D eigenvalue weighted by Gasteiger charge is -2.37. The molecule has 2 atom stereocenters. The fourth-order valence-corrected chi connectivity index (χ4v) is 6.31. The first-order valence-electron chi connectivity index (χ1n) is 11.9. The quantitative estimate of drug-likeness (QED) is 0.420. The third-order valence-electron chi connectivity index (χ3n) is 7.37. The van der Waals surface area contributed by atoms with E-state index in [0.717, 1.165) is 27.1 Å². The van der Waals surface area contributed by atoms with Crippen LogP contribution in [0.15, 0.2) is 48.7 Å². The van der Waals surface area contributed by atoms with Crippen molar-refractivity contribution in [2.75, 3.05) is 0 Å². The monoisotopic (exact) mass is 478 g/mol. The van der Waals surface area contributed by atoms with Crippen molar-refractivity contribution in [3.8, 4) is 5.69 Å². The first kappa shape index (κ1) is 22.4. The molecule has 1 aromatic carbocycles. The van der Waals surface area contributed by atoms with Crippen LogP contribution in [0.3, 0.4) is 0 Å². The van der Waals surface area contributed by atoms with E-state index < -0.39 is 0 Å². The third-order valence-corrected chi connectivity index (χ3v) is 8.11. The summed E-state index contributed by atoms with van der Waals surface area (Å²) in [6.07, 6.45) is 8.12. The SMILES string of the molecule is Cc1c(Cl)cccc1-n1c(C)cc([C@H]2[C@@H](c3ccccn3)NC(=S)N2C2CCCCC2)c1C. The highest BCUT2D eigenvalue weighted by Crippen LogP contribution is 2.44. The molecule has 1 aliphatic carbocycles. The molecule has 2 aromatic heterocycles. The Morgan fingerprint density at radius 2 is 1.82 bits per heavy atom. The van der Waals surface area contributed by atoms with Crippen LogP contribution in [0, 0.1) is 20.8 Å². The number of hydrogen-bond donors (Lipinski definition) is 1. The van der Waals surface area contributed by atoms with Crippen LogP contribution in [-0.4, -0.2) is 25.6 Å². The highest BCUT2D eigenvalue weighted by molar-refractivity contribution is 7.80. The van der Waals surface area contributed by atoms with E-state index in [1.807, 2.05) is 24.4 Å². The number of halogens is 1. The molecule has 0 spiro atoms. The molecule has 0 amide bonds. The van der Waals surface area contributed by atoms with Gasteiger partial charge in [0.1, 0.15) is 0 Å². The minimum absolute atomic E-state index is 0.0232. The van der Waals surface area contributed by atoms with Crippen molar-refractivity contribution in [1.82, 2.24) is 19.8 Å². The van der Waals surface area contributed by atoms with Gasteiger partial charge in [-0.05, 0) is 87.3 Å². The van der Waals surface area contributed by atoms with E-state index in [9.17, 15) is 0 Å². The number of rotatable bonds is 4. The molecule has 5 rings (SSSR count). The van der Waals surface area contributed by atoms with Crippen molar-refractivity contribution in [3.63, 3.8) is 0 Å². The van der Waals surface area contributed by atoms with Gasteiger partial charge in [-0.3, -0.25) is 4.98 Å². The molecule has 1 aliphatic heterocycles. The van der Waals surface area contributed by atoms with Gasteiger partial charge < -0.3 is 14.8 Å². The second-order valence-corrected chi connectivity index (χ2v) is 10.2. The molecular weight excluding hydrogens is 448 g/mol. The van der Waals surface area contributed by atoms with Crippen LogP contribution in [0.25, 0.3) is 5.69 Å². The van der Waals surface area contributed by atoms with E-state index in [1.165, 1.54) is 49.1 Å². The molecule has 33 heavy (non-hydrogen) atoms. The van der Waals surface area contributed by atoms with Crippen molar-refractivity contribution >= 4 is 28.9 Å². The third kappa shape index (κ3) is 3.95. The summed E-state index contributed by atoms with van der Waals surface area (Å²) in [4.78, 5) is 7.21. The normalized spacial score (nSPS) is 21.5. The maximum absolute atomic E-state index is 6.49. The molecule has 3 heterocycles. The Balaban J connectivity index is 1.65. The number of nitrogens with zero attached hydrogens (tertiary/aromatic N) is 3.